The molecule has 112 valence electrons. The fraction of sp³-hybridized carbons (Fsp3) is 0.615. The van der Waals surface area contributed by atoms with E-state index >= 15 is 0 Å². The van der Waals surface area contributed by atoms with E-state index in [-0.39, 0.29) is 11.2 Å². The summed E-state index contributed by atoms with van der Waals surface area (Å²) in [5.41, 5.74) is -2.18. The molecule has 0 unspecified atom stereocenters. The number of nitrogens with zero attached hydrogens (tertiary/aromatic N) is 1. The van der Waals surface area contributed by atoms with Crippen LogP contribution >= 0.6 is 0 Å². The van der Waals surface area contributed by atoms with Gasteiger partial charge in [0.25, 0.3) is 6.43 Å². The summed E-state index contributed by atoms with van der Waals surface area (Å²) in [5.74, 6) is 0.305. The van der Waals surface area contributed by atoms with E-state index in [1.54, 1.807) is 27.7 Å². The first-order valence-corrected chi connectivity index (χ1v) is 5.92. The van der Waals surface area contributed by atoms with Crippen molar-refractivity contribution in [3.63, 3.8) is 0 Å². The summed E-state index contributed by atoms with van der Waals surface area (Å²) in [6.45, 7) is 6.31. The molecule has 0 bridgehead atoms. The van der Waals surface area contributed by atoms with Crippen molar-refractivity contribution in [2.24, 2.45) is 0 Å². The van der Waals surface area contributed by atoms with Crippen LogP contribution in [0.4, 0.5) is 8.78 Å². The Morgan fingerprint density at radius 3 is 1.90 bits per heavy atom. The molecule has 0 aliphatic heterocycles. The molecule has 1 heterocycles. The lowest BCUT2D eigenvalue weighted by Gasteiger charge is -2.31. The van der Waals surface area contributed by atoms with Gasteiger partial charge in [0, 0.05) is 0 Å². The Morgan fingerprint density at radius 1 is 1.20 bits per heavy atom. The summed E-state index contributed by atoms with van der Waals surface area (Å²) >= 11 is 0. The molecular weight excluding hydrogens is 267 g/mol. The van der Waals surface area contributed by atoms with Crippen LogP contribution < -0.4 is 10.2 Å². The number of methoxy groups -OCH3 is 1. The first-order valence-electron chi connectivity index (χ1n) is 5.92. The van der Waals surface area contributed by atoms with E-state index in [4.69, 9.17) is 22.8 Å². The van der Waals surface area contributed by atoms with Crippen molar-refractivity contribution < 1.29 is 23.7 Å². The van der Waals surface area contributed by atoms with Crippen molar-refractivity contribution in [3.8, 4) is 5.75 Å². The van der Waals surface area contributed by atoms with Crippen LogP contribution in [0.3, 0.4) is 0 Å². The Hall–Kier alpha value is -1.21. The molecule has 0 aliphatic carbocycles. The Balaban J connectivity index is 0.000000396. The second kappa shape index (κ2) is 6.99. The van der Waals surface area contributed by atoms with Crippen molar-refractivity contribution >= 4 is 13.3 Å². The van der Waals surface area contributed by atoms with Gasteiger partial charge in [-0.3, -0.25) is 4.98 Å². The van der Waals surface area contributed by atoms with Crippen molar-refractivity contribution in [1.82, 2.24) is 4.98 Å². The molecule has 2 N–H and O–H groups in total. The summed E-state index contributed by atoms with van der Waals surface area (Å²) in [6.07, 6.45) is -1.42. The lowest BCUT2D eigenvalue weighted by molar-refractivity contribution is -0.107. The van der Waals surface area contributed by atoms with Gasteiger partial charge >= 0.3 is 0 Å². The molecule has 1 aromatic heterocycles. The van der Waals surface area contributed by atoms with Gasteiger partial charge in [-0.05, 0) is 33.8 Å². The van der Waals surface area contributed by atoms with Crippen molar-refractivity contribution in [1.29, 1.82) is 0 Å². The molecule has 0 amide bonds. The minimum absolute atomic E-state index is 0.169. The molecule has 4 nitrogen and oxygen atoms in total. The number of hydrogen-bond acceptors (Lipinski definition) is 4. The van der Waals surface area contributed by atoms with E-state index < -0.39 is 17.6 Å². The highest BCUT2D eigenvalue weighted by Gasteiger charge is 2.31. The molecular formula is C13H20BF2NO3. The Labute approximate surface area is 119 Å². The maximum Gasteiger partial charge on any atom is 0.280 e. The third-order valence-electron chi connectivity index (χ3n) is 2.86. The van der Waals surface area contributed by atoms with Crippen LogP contribution in [0.1, 0.15) is 39.8 Å². The third-order valence-corrected chi connectivity index (χ3v) is 2.86. The first kappa shape index (κ1) is 18.8. The van der Waals surface area contributed by atoms with Gasteiger partial charge in [0.1, 0.15) is 19.3 Å². The second-order valence-corrected chi connectivity index (χ2v) is 5.27. The van der Waals surface area contributed by atoms with Gasteiger partial charge in [-0.15, -0.1) is 0 Å². The highest BCUT2D eigenvalue weighted by Crippen LogP contribution is 2.19. The standard InChI is InChI=1S/C7H6BF2NO.C6H14O2/c1-12-6-3-11-5(7(9)10)2-4(6)8;1-5(2,7)6(3,4)8/h2-3,7H,1H3;7-8H,1-4H3. The van der Waals surface area contributed by atoms with Gasteiger partial charge in [-0.1, -0.05) is 5.46 Å². The molecule has 20 heavy (non-hydrogen) atoms. The van der Waals surface area contributed by atoms with Crippen LogP contribution in [-0.4, -0.2) is 41.4 Å². The van der Waals surface area contributed by atoms with Gasteiger partial charge in [-0.25, -0.2) is 8.78 Å². The maximum absolute atomic E-state index is 12.0. The molecule has 1 aromatic rings. The Kier molecular flexibility index (Phi) is 6.57. The number of aliphatic hydroxyl groups is 2. The molecule has 0 fully saturated rings. The smallest absolute Gasteiger partial charge is 0.280 e. The van der Waals surface area contributed by atoms with Gasteiger partial charge < -0.3 is 14.9 Å². The summed E-state index contributed by atoms with van der Waals surface area (Å²) in [7, 11) is 6.77. The van der Waals surface area contributed by atoms with E-state index in [0.29, 0.717) is 5.75 Å². The Bertz CT molecular complexity index is 417. The summed E-state index contributed by atoms with van der Waals surface area (Å²) < 4.78 is 28.8. The normalized spacial score (nSPS) is 11.9. The lowest BCUT2D eigenvalue weighted by atomic mass is 9.90. The molecule has 2 radical (unpaired) electrons. The highest BCUT2D eigenvalue weighted by molar-refractivity contribution is 6.34. The monoisotopic (exact) mass is 287 g/mol. The summed E-state index contributed by atoms with van der Waals surface area (Å²) in [4.78, 5) is 3.45. The zero-order valence-corrected chi connectivity index (χ0v) is 12.3. The van der Waals surface area contributed by atoms with Gasteiger partial charge in [0.05, 0.1) is 24.5 Å². The molecule has 0 atom stereocenters. The van der Waals surface area contributed by atoms with Crippen LogP contribution in [0, 0.1) is 0 Å². The number of hydrogen-bond donors (Lipinski definition) is 2. The minimum Gasteiger partial charge on any atom is -0.496 e. The van der Waals surface area contributed by atoms with Crippen molar-refractivity contribution in [2.75, 3.05) is 7.11 Å². The van der Waals surface area contributed by atoms with Crippen molar-refractivity contribution in [3.05, 3.63) is 18.0 Å². The topological polar surface area (TPSA) is 62.6 Å². The quantitative estimate of drug-likeness (QED) is 0.824. The third kappa shape index (κ3) is 5.84. The van der Waals surface area contributed by atoms with E-state index in [9.17, 15) is 8.78 Å². The van der Waals surface area contributed by atoms with E-state index in [1.165, 1.54) is 13.3 Å². The zero-order valence-electron chi connectivity index (χ0n) is 12.3. The van der Waals surface area contributed by atoms with E-state index in [1.807, 2.05) is 0 Å². The zero-order chi connectivity index (χ0) is 16.1. The maximum atomic E-state index is 12.0. The fourth-order valence-electron chi connectivity index (χ4n) is 0.765. The number of aromatic nitrogens is 1. The van der Waals surface area contributed by atoms with E-state index in [2.05, 4.69) is 4.98 Å². The molecule has 0 aliphatic rings. The average molecular weight is 287 g/mol. The van der Waals surface area contributed by atoms with Gasteiger partial charge in [0.2, 0.25) is 0 Å². The number of ether oxygens (including phenoxy) is 1. The van der Waals surface area contributed by atoms with Crippen molar-refractivity contribution in [2.45, 2.75) is 45.3 Å². The number of rotatable bonds is 3. The predicted molar refractivity (Wildman–Crippen MR) is 73.7 cm³/mol. The SMILES string of the molecule is CC(C)(O)C(C)(C)O.[B]c1cc(C(F)F)ncc1OC. The largest absolute Gasteiger partial charge is 0.496 e. The first-order chi connectivity index (χ1) is 8.90. The minimum atomic E-state index is -2.60. The molecule has 0 saturated carbocycles. The molecule has 7 heteroatoms. The van der Waals surface area contributed by atoms with Gasteiger partial charge in [-0.2, -0.15) is 0 Å². The van der Waals surface area contributed by atoms with Crippen LogP contribution in [0.25, 0.3) is 0 Å². The van der Waals surface area contributed by atoms with Gasteiger partial charge in [0.15, 0.2) is 0 Å². The number of pyridine rings is 1. The molecule has 0 spiro atoms. The molecule has 1 rings (SSSR count). The molecule has 0 aromatic carbocycles. The molecule has 0 saturated heterocycles. The van der Waals surface area contributed by atoms with E-state index in [0.717, 1.165) is 6.07 Å². The number of alkyl halides is 2. The highest BCUT2D eigenvalue weighted by atomic mass is 19.3. The predicted octanol–water partition coefficient (Wildman–Crippen LogP) is 1.35. The lowest BCUT2D eigenvalue weighted by Crippen LogP contribution is -2.44. The van der Waals surface area contributed by atoms with Crippen LogP contribution in [-0.2, 0) is 0 Å². The Morgan fingerprint density at radius 2 is 1.65 bits per heavy atom. The summed E-state index contributed by atoms with van der Waals surface area (Å²) in [5, 5.41) is 18.2. The fourth-order valence-corrected chi connectivity index (χ4v) is 0.765. The number of halogens is 2. The van der Waals surface area contributed by atoms with Crippen LogP contribution in [0.15, 0.2) is 12.3 Å². The second-order valence-electron chi connectivity index (χ2n) is 5.27. The van der Waals surface area contributed by atoms with Crippen LogP contribution in [0.5, 0.6) is 5.75 Å². The van der Waals surface area contributed by atoms with Crippen LogP contribution in [0.2, 0.25) is 0 Å². The summed E-state index contributed by atoms with van der Waals surface area (Å²) in [6, 6.07) is 1.10. The average Bonchev–Trinajstić information content (AvgIpc) is 2.26.